The summed E-state index contributed by atoms with van der Waals surface area (Å²) in [6, 6.07) is 21.7. The molecule has 0 atom stereocenters. The fraction of sp³-hybridized carbons (Fsp3) is 0.0870. The molecule has 31 heavy (non-hydrogen) atoms. The largest absolute Gasteiger partial charge is 0.497 e. The molecule has 0 aliphatic rings. The first-order valence-electron chi connectivity index (χ1n) is 9.44. The number of carbonyl (C=O) groups excluding carboxylic acids is 2. The summed E-state index contributed by atoms with van der Waals surface area (Å²) in [5.74, 6) is -0.396. The van der Waals surface area contributed by atoms with Gasteiger partial charge in [-0.1, -0.05) is 24.3 Å². The van der Waals surface area contributed by atoms with E-state index in [4.69, 9.17) is 9.47 Å². The molecule has 0 aliphatic heterocycles. The van der Waals surface area contributed by atoms with Gasteiger partial charge in [0, 0.05) is 11.8 Å². The number of ether oxygens (including phenoxy) is 2. The zero-order valence-electron chi connectivity index (χ0n) is 16.6. The maximum Gasteiger partial charge on any atom is 0.357 e. The summed E-state index contributed by atoms with van der Waals surface area (Å²) in [5.41, 5.74) is 2.21. The lowest BCUT2D eigenvalue weighted by atomic mass is 10.3. The Balaban J connectivity index is 1.48. The Morgan fingerprint density at radius 3 is 2.48 bits per heavy atom. The maximum atomic E-state index is 12.8. The fourth-order valence-electron chi connectivity index (χ4n) is 2.91. The van der Waals surface area contributed by atoms with Gasteiger partial charge in [-0.2, -0.15) is 5.10 Å². The first kappa shape index (κ1) is 20.4. The Morgan fingerprint density at radius 2 is 1.81 bits per heavy atom. The van der Waals surface area contributed by atoms with E-state index in [0.717, 1.165) is 10.6 Å². The van der Waals surface area contributed by atoms with E-state index in [1.807, 2.05) is 47.8 Å². The average Bonchev–Trinajstić information content (AvgIpc) is 3.49. The highest BCUT2D eigenvalue weighted by Gasteiger charge is 2.20. The minimum absolute atomic E-state index is 0.242. The molecule has 8 heteroatoms. The zero-order valence-corrected chi connectivity index (χ0v) is 17.5. The molecule has 0 aliphatic carbocycles. The summed E-state index contributed by atoms with van der Waals surface area (Å²) in [7, 11) is 1.57. The van der Waals surface area contributed by atoms with Crippen LogP contribution in [0.1, 0.15) is 10.5 Å². The van der Waals surface area contributed by atoms with Crippen LogP contribution in [-0.4, -0.2) is 35.4 Å². The number of rotatable bonds is 7. The number of hydrogen-bond donors (Lipinski definition) is 1. The van der Waals surface area contributed by atoms with Crippen LogP contribution in [0.4, 0.5) is 5.69 Å². The van der Waals surface area contributed by atoms with Crippen LogP contribution in [0.25, 0.3) is 16.3 Å². The van der Waals surface area contributed by atoms with E-state index in [9.17, 15) is 9.59 Å². The number of para-hydroxylation sites is 1. The van der Waals surface area contributed by atoms with E-state index in [1.54, 1.807) is 37.4 Å². The van der Waals surface area contributed by atoms with Crippen molar-refractivity contribution in [1.29, 1.82) is 0 Å². The molecule has 0 radical (unpaired) electrons. The van der Waals surface area contributed by atoms with E-state index < -0.39 is 18.5 Å². The molecule has 0 saturated heterocycles. The second kappa shape index (κ2) is 9.27. The molecule has 1 amide bonds. The number of carbonyl (C=O) groups is 2. The Bertz CT molecular complexity index is 1170. The number of anilines is 1. The van der Waals surface area contributed by atoms with Gasteiger partial charge < -0.3 is 14.8 Å². The fourth-order valence-corrected chi connectivity index (χ4v) is 3.60. The third-order valence-electron chi connectivity index (χ3n) is 4.40. The maximum absolute atomic E-state index is 12.8. The molecule has 2 heterocycles. The number of nitrogens with zero attached hydrogens (tertiary/aromatic N) is 2. The third-order valence-corrected chi connectivity index (χ3v) is 5.29. The van der Waals surface area contributed by atoms with Crippen LogP contribution in [0.2, 0.25) is 0 Å². The second-order valence-electron chi connectivity index (χ2n) is 6.49. The van der Waals surface area contributed by atoms with Gasteiger partial charge in [0.25, 0.3) is 5.91 Å². The zero-order chi connectivity index (χ0) is 21.6. The Kier molecular flexibility index (Phi) is 6.09. The van der Waals surface area contributed by atoms with Crippen LogP contribution in [-0.2, 0) is 9.53 Å². The molecule has 0 saturated carbocycles. The molecule has 0 spiro atoms. The van der Waals surface area contributed by atoms with Crippen LogP contribution in [0.5, 0.6) is 5.75 Å². The van der Waals surface area contributed by atoms with E-state index in [1.165, 1.54) is 16.0 Å². The number of nitrogens with one attached hydrogen (secondary N) is 1. The summed E-state index contributed by atoms with van der Waals surface area (Å²) in [4.78, 5) is 25.9. The number of aromatic nitrogens is 2. The van der Waals surface area contributed by atoms with Gasteiger partial charge in [-0.3, -0.25) is 4.79 Å². The van der Waals surface area contributed by atoms with E-state index in [0.29, 0.717) is 17.1 Å². The van der Waals surface area contributed by atoms with Gasteiger partial charge in [0.15, 0.2) is 12.3 Å². The standard InChI is InChI=1S/C23H19N3O4S/c1-29-18-11-9-16(10-12-18)24-22(27)15-30-23(28)20-14-19(21-8-5-13-31-21)25-26(20)17-6-3-2-4-7-17/h2-14H,15H2,1H3,(H,24,27). The summed E-state index contributed by atoms with van der Waals surface area (Å²) in [6.07, 6.45) is 0. The molecule has 4 rings (SSSR count). The molecule has 0 fully saturated rings. The van der Waals surface area contributed by atoms with E-state index in [2.05, 4.69) is 10.4 Å². The monoisotopic (exact) mass is 433 g/mol. The van der Waals surface area contributed by atoms with Crippen LogP contribution in [0.3, 0.4) is 0 Å². The van der Waals surface area contributed by atoms with Crippen LogP contribution in [0.15, 0.2) is 78.2 Å². The van der Waals surface area contributed by atoms with Gasteiger partial charge >= 0.3 is 5.97 Å². The van der Waals surface area contributed by atoms with Crippen molar-refractivity contribution < 1.29 is 19.1 Å². The quantitative estimate of drug-likeness (QED) is 0.437. The van der Waals surface area contributed by atoms with Crippen molar-refractivity contribution in [2.24, 2.45) is 0 Å². The molecule has 1 N–H and O–H groups in total. The molecule has 7 nitrogen and oxygen atoms in total. The molecule has 0 bridgehead atoms. The molecular formula is C23H19N3O4S. The average molecular weight is 433 g/mol. The van der Waals surface area contributed by atoms with Crippen LogP contribution in [0, 0.1) is 0 Å². The highest BCUT2D eigenvalue weighted by Crippen LogP contribution is 2.26. The van der Waals surface area contributed by atoms with Crippen molar-refractivity contribution in [3.63, 3.8) is 0 Å². The smallest absolute Gasteiger partial charge is 0.357 e. The Labute approximate surface area is 182 Å². The first-order valence-corrected chi connectivity index (χ1v) is 10.3. The molecule has 4 aromatic rings. The SMILES string of the molecule is COc1ccc(NC(=O)COC(=O)c2cc(-c3cccs3)nn2-c2ccccc2)cc1. The van der Waals surface area contributed by atoms with E-state index >= 15 is 0 Å². The van der Waals surface area contributed by atoms with Crippen molar-refractivity contribution in [2.75, 3.05) is 19.0 Å². The predicted octanol–water partition coefficient (Wildman–Crippen LogP) is 4.40. The summed E-state index contributed by atoms with van der Waals surface area (Å²) in [6.45, 7) is -0.417. The van der Waals surface area contributed by atoms with E-state index in [-0.39, 0.29) is 5.69 Å². The molecule has 0 unspecified atom stereocenters. The lowest BCUT2D eigenvalue weighted by Crippen LogP contribution is -2.22. The lowest BCUT2D eigenvalue weighted by molar-refractivity contribution is -0.119. The normalized spacial score (nSPS) is 10.5. The number of methoxy groups -OCH3 is 1. The molecule has 156 valence electrons. The van der Waals surface area contributed by atoms with Gasteiger partial charge in [-0.05, 0) is 47.8 Å². The Hall–Kier alpha value is -3.91. The number of amides is 1. The molecule has 2 aromatic carbocycles. The minimum atomic E-state index is -0.635. The van der Waals surface area contributed by atoms with Crippen molar-refractivity contribution in [1.82, 2.24) is 9.78 Å². The Morgan fingerprint density at radius 1 is 1.03 bits per heavy atom. The first-order chi connectivity index (χ1) is 15.1. The summed E-state index contributed by atoms with van der Waals surface area (Å²) >= 11 is 1.53. The van der Waals surface area contributed by atoms with Gasteiger partial charge in [-0.15, -0.1) is 11.3 Å². The minimum Gasteiger partial charge on any atom is -0.497 e. The number of esters is 1. The summed E-state index contributed by atoms with van der Waals surface area (Å²) in [5, 5.41) is 9.19. The highest BCUT2D eigenvalue weighted by atomic mass is 32.1. The topological polar surface area (TPSA) is 82.4 Å². The number of thiophene rings is 1. The van der Waals surface area contributed by atoms with Crippen LogP contribution >= 0.6 is 11.3 Å². The van der Waals surface area contributed by atoms with Gasteiger partial charge in [0.1, 0.15) is 11.4 Å². The second-order valence-corrected chi connectivity index (χ2v) is 7.44. The molecule has 2 aromatic heterocycles. The summed E-state index contributed by atoms with van der Waals surface area (Å²) < 4.78 is 11.9. The van der Waals surface area contributed by atoms with Gasteiger partial charge in [0.05, 0.1) is 17.7 Å². The number of benzene rings is 2. The number of hydrogen-bond acceptors (Lipinski definition) is 6. The van der Waals surface area contributed by atoms with Crippen molar-refractivity contribution in [2.45, 2.75) is 0 Å². The van der Waals surface area contributed by atoms with Crippen molar-refractivity contribution in [3.05, 3.63) is 83.9 Å². The van der Waals surface area contributed by atoms with Crippen LogP contribution < -0.4 is 10.1 Å². The van der Waals surface area contributed by atoms with Crippen molar-refractivity contribution in [3.8, 4) is 22.0 Å². The van der Waals surface area contributed by atoms with Crippen molar-refractivity contribution >= 4 is 28.9 Å². The van der Waals surface area contributed by atoms with Gasteiger partial charge in [-0.25, -0.2) is 9.48 Å². The highest BCUT2D eigenvalue weighted by molar-refractivity contribution is 7.13. The van der Waals surface area contributed by atoms with Gasteiger partial charge in [0.2, 0.25) is 0 Å². The molecular weight excluding hydrogens is 414 g/mol. The lowest BCUT2D eigenvalue weighted by Gasteiger charge is -2.09. The third kappa shape index (κ3) is 4.81. The predicted molar refractivity (Wildman–Crippen MR) is 119 cm³/mol.